The van der Waals surface area contributed by atoms with Crippen LogP contribution in [-0.4, -0.2) is 37.2 Å². The fraction of sp³-hybridized carbons (Fsp3) is 0.741. The SMILES string of the molecule is CC/C=C/C=C/C=C/C=C/CCCCCCCC(=O)OC(COC(=O)CC/C=C/C/C=C/CCCCCCCC)COC(=O)CCCCCCCCCCCCCCCCCCCC. The van der Waals surface area contributed by atoms with Gasteiger partial charge in [-0.1, -0.05) is 254 Å². The lowest BCUT2D eigenvalue weighted by Crippen LogP contribution is -2.30. The van der Waals surface area contributed by atoms with Gasteiger partial charge in [0.15, 0.2) is 6.10 Å². The van der Waals surface area contributed by atoms with Gasteiger partial charge >= 0.3 is 17.9 Å². The second-order valence-electron chi connectivity index (χ2n) is 17.9. The van der Waals surface area contributed by atoms with E-state index in [-0.39, 0.29) is 37.5 Å². The molecule has 0 aromatic carbocycles. The van der Waals surface area contributed by atoms with Gasteiger partial charge in [-0.3, -0.25) is 14.4 Å². The van der Waals surface area contributed by atoms with E-state index in [2.05, 4.69) is 69.4 Å². The summed E-state index contributed by atoms with van der Waals surface area (Å²) in [7, 11) is 0. The first-order chi connectivity index (χ1) is 31.5. The number of rotatable bonds is 48. The molecule has 0 rings (SSSR count). The maximum atomic E-state index is 12.8. The molecule has 0 N–H and O–H groups in total. The predicted molar refractivity (Wildman–Crippen MR) is 274 cm³/mol. The molecular weight excluding hydrogens is 793 g/mol. The summed E-state index contributed by atoms with van der Waals surface area (Å²) >= 11 is 0. The summed E-state index contributed by atoms with van der Waals surface area (Å²) in [6.07, 6.45) is 66.2. The minimum absolute atomic E-state index is 0.100. The Hall–Kier alpha value is -3.15. The van der Waals surface area contributed by atoms with Crippen LogP contribution in [0, 0.1) is 0 Å². The van der Waals surface area contributed by atoms with Crippen LogP contribution in [0.4, 0.5) is 0 Å². The highest BCUT2D eigenvalue weighted by molar-refractivity contribution is 5.71. The van der Waals surface area contributed by atoms with E-state index >= 15 is 0 Å². The molecule has 6 nitrogen and oxygen atoms in total. The summed E-state index contributed by atoms with van der Waals surface area (Å²) in [4.78, 5) is 38.0. The number of carbonyl (C=O) groups excluding carboxylic acids is 3. The van der Waals surface area contributed by atoms with Gasteiger partial charge in [-0.15, -0.1) is 0 Å². The molecule has 0 heterocycles. The zero-order valence-corrected chi connectivity index (χ0v) is 42.0. The first-order valence-electron chi connectivity index (χ1n) is 27.0. The monoisotopic (exact) mass is 893 g/mol. The van der Waals surface area contributed by atoms with Crippen LogP contribution in [0.5, 0.6) is 0 Å². The van der Waals surface area contributed by atoms with Gasteiger partial charge in [-0.05, 0) is 57.8 Å². The van der Waals surface area contributed by atoms with E-state index in [4.69, 9.17) is 14.2 Å². The Bertz CT molecular complexity index is 1210. The van der Waals surface area contributed by atoms with Crippen molar-refractivity contribution in [3.8, 4) is 0 Å². The summed E-state index contributed by atoms with van der Waals surface area (Å²) in [5, 5.41) is 0. The van der Waals surface area contributed by atoms with Gasteiger partial charge in [0.05, 0.1) is 0 Å². The Morgan fingerprint density at radius 3 is 1.17 bits per heavy atom. The van der Waals surface area contributed by atoms with Crippen molar-refractivity contribution in [3.05, 3.63) is 72.9 Å². The Kier molecular flexibility index (Phi) is 49.9. The zero-order chi connectivity index (χ0) is 46.5. The molecule has 368 valence electrons. The van der Waals surface area contributed by atoms with Gasteiger partial charge < -0.3 is 14.2 Å². The van der Waals surface area contributed by atoms with E-state index in [1.165, 1.54) is 135 Å². The number of hydrogen-bond donors (Lipinski definition) is 0. The number of allylic oxidation sites excluding steroid dienone is 12. The highest BCUT2D eigenvalue weighted by atomic mass is 16.6. The van der Waals surface area contributed by atoms with Crippen LogP contribution in [0.1, 0.15) is 258 Å². The molecule has 64 heavy (non-hydrogen) atoms. The van der Waals surface area contributed by atoms with Crippen LogP contribution in [0.3, 0.4) is 0 Å². The van der Waals surface area contributed by atoms with Crippen molar-refractivity contribution in [2.45, 2.75) is 264 Å². The number of unbranched alkanes of at least 4 members (excludes halogenated alkanes) is 28. The van der Waals surface area contributed by atoms with E-state index in [1.807, 2.05) is 24.3 Å². The molecule has 1 unspecified atom stereocenters. The topological polar surface area (TPSA) is 78.9 Å². The summed E-state index contributed by atoms with van der Waals surface area (Å²) < 4.78 is 16.7. The summed E-state index contributed by atoms with van der Waals surface area (Å²) in [6, 6.07) is 0. The van der Waals surface area contributed by atoms with Gasteiger partial charge in [0.25, 0.3) is 0 Å². The highest BCUT2D eigenvalue weighted by Gasteiger charge is 2.19. The van der Waals surface area contributed by atoms with Crippen LogP contribution in [-0.2, 0) is 28.6 Å². The van der Waals surface area contributed by atoms with E-state index in [1.54, 1.807) is 0 Å². The third-order valence-electron chi connectivity index (χ3n) is 11.6. The molecule has 0 aromatic rings. The first-order valence-corrected chi connectivity index (χ1v) is 27.0. The zero-order valence-electron chi connectivity index (χ0n) is 42.0. The van der Waals surface area contributed by atoms with Gasteiger partial charge in [0, 0.05) is 19.3 Å². The molecule has 0 saturated carbocycles. The molecule has 0 bridgehead atoms. The van der Waals surface area contributed by atoms with Crippen molar-refractivity contribution >= 4 is 17.9 Å². The van der Waals surface area contributed by atoms with Gasteiger partial charge in [-0.25, -0.2) is 0 Å². The summed E-state index contributed by atoms with van der Waals surface area (Å²) in [5.41, 5.74) is 0. The van der Waals surface area contributed by atoms with E-state index in [0.717, 1.165) is 77.0 Å². The van der Waals surface area contributed by atoms with Crippen LogP contribution >= 0.6 is 0 Å². The lowest BCUT2D eigenvalue weighted by atomic mass is 10.0. The third kappa shape index (κ3) is 49.9. The summed E-state index contributed by atoms with van der Waals surface area (Å²) in [6.45, 7) is 6.44. The van der Waals surface area contributed by atoms with Crippen molar-refractivity contribution in [1.29, 1.82) is 0 Å². The van der Waals surface area contributed by atoms with Crippen LogP contribution in [0.25, 0.3) is 0 Å². The molecule has 6 heteroatoms. The van der Waals surface area contributed by atoms with Gasteiger partial charge in [-0.2, -0.15) is 0 Å². The smallest absolute Gasteiger partial charge is 0.306 e. The Balaban J connectivity index is 4.43. The van der Waals surface area contributed by atoms with Crippen LogP contribution in [0.2, 0.25) is 0 Å². The van der Waals surface area contributed by atoms with Crippen molar-refractivity contribution in [2.75, 3.05) is 13.2 Å². The van der Waals surface area contributed by atoms with Crippen LogP contribution in [0.15, 0.2) is 72.9 Å². The fourth-order valence-corrected chi connectivity index (χ4v) is 7.51. The quantitative estimate of drug-likeness (QED) is 0.0199. The Labute approximate surface area is 395 Å². The van der Waals surface area contributed by atoms with E-state index in [0.29, 0.717) is 19.3 Å². The highest BCUT2D eigenvalue weighted by Crippen LogP contribution is 2.16. The second-order valence-corrected chi connectivity index (χ2v) is 17.9. The molecule has 0 aliphatic rings. The second kappa shape index (κ2) is 52.5. The van der Waals surface area contributed by atoms with Crippen molar-refractivity contribution in [2.24, 2.45) is 0 Å². The average Bonchev–Trinajstić information content (AvgIpc) is 3.29. The van der Waals surface area contributed by atoms with Crippen molar-refractivity contribution < 1.29 is 28.6 Å². The fourth-order valence-electron chi connectivity index (χ4n) is 7.51. The number of esters is 3. The maximum absolute atomic E-state index is 12.8. The first kappa shape index (κ1) is 60.9. The lowest BCUT2D eigenvalue weighted by Gasteiger charge is -2.18. The van der Waals surface area contributed by atoms with E-state index < -0.39 is 6.10 Å². The third-order valence-corrected chi connectivity index (χ3v) is 11.6. The molecule has 0 spiro atoms. The molecule has 0 aliphatic heterocycles. The molecule has 0 fully saturated rings. The number of hydrogen-bond acceptors (Lipinski definition) is 6. The standard InChI is InChI=1S/C58H100O6/c1-4-7-10-13-16-19-22-25-27-28-29-31-33-36-39-42-45-48-51-57(60)63-54-55(53-62-56(59)50-47-44-41-38-35-32-24-21-18-15-12-9-6-3)64-58(61)52-49-46-43-40-37-34-30-26-23-20-17-14-11-8-5-2/h8,11,14,17,20,23,26,30,32,35,41,44,55H,4-7,9-10,12-13,15-16,18-19,21-22,24-25,27-29,31,33-34,36-40,42-43,45-54H2,1-3H3/b11-8+,17-14+,23-20+,30-26+,35-32+,44-41+. The number of ether oxygens (including phenoxy) is 3. The summed E-state index contributed by atoms with van der Waals surface area (Å²) in [5.74, 6) is -0.989. The lowest BCUT2D eigenvalue weighted by molar-refractivity contribution is -0.166. The average molecular weight is 893 g/mol. The van der Waals surface area contributed by atoms with Gasteiger partial charge in [0.1, 0.15) is 13.2 Å². The molecule has 0 aliphatic carbocycles. The molecular formula is C58H100O6. The molecule has 0 radical (unpaired) electrons. The molecule has 0 aromatic heterocycles. The van der Waals surface area contributed by atoms with E-state index in [9.17, 15) is 14.4 Å². The minimum atomic E-state index is -0.808. The largest absolute Gasteiger partial charge is 0.462 e. The minimum Gasteiger partial charge on any atom is -0.462 e. The predicted octanol–water partition coefficient (Wildman–Crippen LogP) is 17.8. The Morgan fingerprint density at radius 2 is 0.703 bits per heavy atom. The van der Waals surface area contributed by atoms with Crippen molar-refractivity contribution in [3.63, 3.8) is 0 Å². The van der Waals surface area contributed by atoms with Crippen LogP contribution < -0.4 is 0 Å². The normalized spacial score (nSPS) is 12.6. The molecule has 1 atom stereocenters. The molecule has 0 saturated heterocycles. The molecule has 0 amide bonds. The number of carbonyl (C=O) groups is 3. The van der Waals surface area contributed by atoms with Crippen molar-refractivity contribution in [1.82, 2.24) is 0 Å². The Morgan fingerprint density at radius 1 is 0.344 bits per heavy atom. The maximum Gasteiger partial charge on any atom is 0.306 e. The van der Waals surface area contributed by atoms with Gasteiger partial charge in [0.2, 0.25) is 0 Å².